The van der Waals surface area contributed by atoms with Crippen LogP contribution in [0.2, 0.25) is 0 Å². The minimum atomic E-state index is -0.252. The summed E-state index contributed by atoms with van der Waals surface area (Å²) in [6.07, 6.45) is 2.96. The standard InChI is InChI=1S/C21H24N2O3S/c1-21(2,3)12-5-6-13-16(9-12)27-20-17(13)19(24)22-18(23-20)11-4-7-14-15(8-11)26-10-25-14/h4,7-8,12,18,23H,5-6,9-10H2,1-3H3,(H,22,24)/t12-,18+/m0/s1. The van der Waals surface area contributed by atoms with Gasteiger partial charge in [-0.1, -0.05) is 26.8 Å². The number of nitrogens with one attached hydrogen (secondary N) is 2. The number of ether oxygens (including phenoxy) is 2. The Balaban J connectivity index is 1.45. The van der Waals surface area contributed by atoms with Gasteiger partial charge in [-0.15, -0.1) is 11.3 Å². The average molecular weight is 385 g/mol. The Morgan fingerprint density at radius 2 is 1.96 bits per heavy atom. The normalized spacial score (nSPS) is 23.3. The molecule has 2 N–H and O–H groups in total. The second-order valence-corrected chi connectivity index (χ2v) is 9.78. The zero-order valence-electron chi connectivity index (χ0n) is 15.8. The maximum Gasteiger partial charge on any atom is 0.256 e. The van der Waals surface area contributed by atoms with Crippen molar-refractivity contribution in [1.82, 2.24) is 5.32 Å². The molecule has 3 heterocycles. The van der Waals surface area contributed by atoms with Gasteiger partial charge in [0.05, 0.1) is 5.56 Å². The van der Waals surface area contributed by atoms with Crippen LogP contribution in [0.25, 0.3) is 0 Å². The van der Waals surface area contributed by atoms with Crippen LogP contribution in [0.3, 0.4) is 0 Å². The van der Waals surface area contributed by atoms with Crippen LogP contribution in [0.4, 0.5) is 5.00 Å². The fourth-order valence-electron chi connectivity index (χ4n) is 4.30. The third-order valence-electron chi connectivity index (χ3n) is 6.00. The number of carbonyl (C=O) groups is 1. The Hall–Kier alpha value is -2.21. The van der Waals surface area contributed by atoms with Crippen LogP contribution in [0.1, 0.15) is 59.7 Å². The molecule has 5 nitrogen and oxygen atoms in total. The molecule has 3 aliphatic rings. The van der Waals surface area contributed by atoms with Gasteiger partial charge in [-0.3, -0.25) is 4.79 Å². The van der Waals surface area contributed by atoms with E-state index in [9.17, 15) is 4.79 Å². The summed E-state index contributed by atoms with van der Waals surface area (Å²) < 4.78 is 10.9. The van der Waals surface area contributed by atoms with Gasteiger partial charge in [0.25, 0.3) is 5.91 Å². The fourth-order valence-corrected chi connectivity index (χ4v) is 5.65. The first kappa shape index (κ1) is 16.9. The Labute approximate surface area is 163 Å². The van der Waals surface area contributed by atoms with Crippen LogP contribution in [0, 0.1) is 11.3 Å². The average Bonchev–Trinajstić information content (AvgIpc) is 3.23. The molecule has 0 saturated carbocycles. The van der Waals surface area contributed by atoms with Gasteiger partial charge in [-0.2, -0.15) is 0 Å². The highest BCUT2D eigenvalue weighted by Gasteiger charge is 2.36. The van der Waals surface area contributed by atoms with Gasteiger partial charge in [0.2, 0.25) is 6.79 Å². The third kappa shape index (κ3) is 2.78. The van der Waals surface area contributed by atoms with Crippen LogP contribution in [0.5, 0.6) is 11.5 Å². The molecular weight excluding hydrogens is 360 g/mol. The summed E-state index contributed by atoms with van der Waals surface area (Å²) in [5.74, 6) is 2.17. The summed E-state index contributed by atoms with van der Waals surface area (Å²) in [6.45, 7) is 7.20. The predicted octanol–water partition coefficient (Wildman–Crippen LogP) is 4.48. The smallest absolute Gasteiger partial charge is 0.256 e. The van der Waals surface area contributed by atoms with E-state index in [-0.39, 0.29) is 18.9 Å². The molecule has 2 aliphatic heterocycles. The van der Waals surface area contributed by atoms with Crippen molar-refractivity contribution >= 4 is 22.2 Å². The molecule has 0 spiro atoms. The molecule has 5 rings (SSSR count). The molecule has 0 fully saturated rings. The third-order valence-corrected chi connectivity index (χ3v) is 7.18. The Bertz CT molecular complexity index is 928. The number of amides is 1. The number of hydrogen-bond acceptors (Lipinski definition) is 5. The van der Waals surface area contributed by atoms with Crippen LogP contribution < -0.4 is 20.1 Å². The Kier molecular flexibility index (Phi) is 3.69. The first-order valence-electron chi connectivity index (χ1n) is 9.51. The van der Waals surface area contributed by atoms with Gasteiger partial charge in [-0.05, 0) is 53.9 Å². The lowest BCUT2D eigenvalue weighted by atomic mass is 9.72. The SMILES string of the molecule is CC(C)(C)[C@H]1CCc2c(sc3c2C(=O)N[C@@H](c2ccc4c(c2)OCO4)N3)C1. The summed E-state index contributed by atoms with van der Waals surface area (Å²) in [7, 11) is 0. The van der Waals surface area contributed by atoms with E-state index in [1.165, 1.54) is 10.4 Å². The maximum atomic E-state index is 12.9. The second-order valence-electron chi connectivity index (χ2n) is 8.68. The molecule has 27 heavy (non-hydrogen) atoms. The van der Waals surface area contributed by atoms with Crippen LogP contribution in [-0.2, 0) is 12.8 Å². The molecule has 2 aromatic rings. The van der Waals surface area contributed by atoms with Crippen molar-refractivity contribution in [2.45, 2.75) is 46.2 Å². The van der Waals surface area contributed by atoms with Crippen molar-refractivity contribution in [3.63, 3.8) is 0 Å². The van der Waals surface area contributed by atoms with Gasteiger partial charge < -0.3 is 20.1 Å². The first-order chi connectivity index (χ1) is 12.9. The van der Waals surface area contributed by atoms with E-state index >= 15 is 0 Å². The molecular formula is C21H24N2O3S. The van der Waals surface area contributed by atoms with Crippen LogP contribution in [0.15, 0.2) is 18.2 Å². The van der Waals surface area contributed by atoms with Crippen molar-refractivity contribution in [3.05, 3.63) is 39.8 Å². The highest BCUT2D eigenvalue weighted by molar-refractivity contribution is 7.16. The molecule has 142 valence electrons. The lowest BCUT2D eigenvalue weighted by Crippen LogP contribution is -2.38. The lowest BCUT2D eigenvalue weighted by Gasteiger charge is -2.34. The van der Waals surface area contributed by atoms with Crippen molar-refractivity contribution in [2.24, 2.45) is 11.3 Å². The molecule has 0 saturated heterocycles. The molecule has 1 amide bonds. The molecule has 1 aromatic carbocycles. The summed E-state index contributed by atoms with van der Waals surface area (Å²) in [4.78, 5) is 14.3. The van der Waals surface area contributed by atoms with E-state index in [1.54, 1.807) is 11.3 Å². The highest BCUT2D eigenvalue weighted by Crippen LogP contribution is 2.46. The Morgan fingerprint density at radius 1 is 1.15 bits per heavy atom. The van der Waals surface area contributed by atoms with E-state index in [2.05, 4.69) is 31.4 Å². The van der Waals surface area contributed by atoms with Crippen molar-refractivity contribution in [1.29, 1.82) is 0 Å². The van der Waals surface area contributed by atoms with Crippen LogP contribution >= 0.6 is 11.3 Å². The predicted molar refractivity (Wildman–Crippen MR) is 106 cm³/mol. The summed E-state index contributed by atoms with van der Waals surface area (Å²) in [6, 6.07) is 5.81. The molecule has 1 aromatic heterocycles. The lowest BCUT2D eigenvalue weighted by molar-refractivity contribution is 0.0934. The van der Waals surface area contributed by atoms with Crippen molar-refractivity contribution in [3.8, 4) is 11.5 Å². The number of rotatable bonds is 1. The number of hydrogen-bond donors (Lipinski definition) is 2. The van der Waals surface area contributed by atoms with Gasteiger partial charge in [0.15, 0.2) is 11.5 Å². The second kappa shape index (κ2) is 5.89. The fraction of sp³-hybridized carbons (Fsp3) is 0.476. The molecule has 0 bridgehead atoms. The molecule has 6 heteroatoms. The quantitative estimate of drug-likeness (QED) is 0.761. The van der Waals surface area contributed by atoms with Gasteiger partial charge in [0.1, 0.15) is 11.2 Å². The van der Waals surface area contributed by atoms with E-state index in [0.29, 0.717) is 11.3 Å². The largest absolute Gasteiger partial charge is 0.454 e. The van der Waals surface area contributed by atoms with E-state index < -0.39 is 0 Å². The van der Waals surface area contributed by atoms with E-state index in [0.717, 1.165) is 46.9 Å². The minimum absolute atomic E-state index is 0.0260. The zero-order chi connectivity index (χ0) is 18.8. The number of anilines is 1. The van der Waals surface area contributed by atoms with Gasteiger partial charge in [-0.25, -0.2) is 0 Å². The molecule has 0 unspecified atom stereocenters. The number of fused-ring (bicyclic) bond motifs is 4. The minimum Gasteiger partial charge on any atom is -0.454 e. The van der Waals surface area contributed by atoms with Crippen LogP contribution in [-0.4, -0.2) is 12.7 Å². The molecule has 0 radical (unpaired) electrons. The highest BCUT2D eigenvalue weighted by atomic mass is 32.1. The van der Waals surface area contributed by atoms with Gasteiger partial charge >= 0.3 is 0 Å². The van der Waals surface area contributed by atoms with Crippen molar-refractivity contribution < 1.29 is 14.3 Å². The van der Waals surface area contributed by atoms with Gasteiger partial charge in [0, 0.05) is 4.88 Å². The molecule has 1 aliphatic carbocycles. The summed E-state index contributed by atoms with van der Waals surface area (Å²) in [5, 5.41) is 7.65. The summed E-state index contributed by atoms with van der Waals surface area (Å²) in [5.41, 5.74) is 3.38. The Morgan fingerprint density at radius 3 is 2.78 bits per heavy atom. The number of benzene rings is 1. The first-order valence-corrected chi connectivity index (χ1v) is 10.3. The number of thiophene rings is 1. The van der Waals surface area contributed by atoms with E-state index in [4.69, 9.17) is 9.47 Å². The summed E-state index contributed by atoms with van der Waals surface area (Å²) >= 11 is 1.76. The van der Waals surface area contributed by atoms with E-state index in [1.807, 2.05) is 18.2 Å². The zero-order valence-corrected chi connectivity index (χ0v) is 16.7. The monoisotopic (exact) mass is 384 g/mol. The topological polar surface area (TPSA) is 59.6 Å². The maximum absolute atomic E-state index is 12.9. The molecule has 2 atom stereocenters. The number of carbonyl (C=O) groups excluding carboxylic acids is 1. The van der Waals surface area contributed by atoms with Crippen molar-refractivity contribution in [2.75, 3.05) is 12.1 Å².